The van der Waals surface area contributed by atoms with E-state index in [9.17, 15) is 9.59 Å². The van der Waals surface area contributed by atoms with Crippen LogP contribution < -0.4 is 0 Å². The van der Waals surface area contributed by atoms with E-state index in [0.717, 1.165) is 0 Å². The molecule has 7 heteroatoms. The Morgan fingerprint density at radius 3 is 2.71 bits per heavy atom. The lowest BCUT2D eigenvalue weighted by molar-refractivity contribution is -0.0264. The van der Waals surface area contributed by atoms with Crippen LogP contribution in [-0.2, 0) is 9.47 Å². The van der Waals surface area contributed by atoms with Gasteiger partial charge in [-0.2, -0.15) is 0 Å². The van der Waals surface area contributed by atoms with Gasteiger partial charge in [-0.15, -0.1) is 11.3 Å². The molecule has 0 aromatic carbocycles. The number of carbonyl (C=O) groups is 2. The van der Waals surface area contributed by atoms with Gasteiger partial charge in [-0.25, -0.2) is 4.79 Å². The van der Waals surface area contributed by atoms with Crippen molar-refractivity contribution in [1.29, 1.82) is 0 Å². The van der Waals surface area contributed by atoms with Crippen molar-refractivity contribution in [2.45, 2.75) is 32.4 Å². The number of ether oxygens (including phenoxy) is 2. The number of carbonyl (C=O) groups excluding carboxylic acids is 2. The van der Waals surface area contributed by atoms with E-state index < -0.39 is 17.7 Å². The van der Waals surface area contributed by atoms with Gasteiger partial charge >= 0.3 is 6.09 Å². The van der Waals surface area contributed by atoms with Gasteiger partial charge in [0, 0.05) is 6.54 Å². The van der Waals surface area contributed by atoms with Crippen LogP contribution in [0, 0.1) is 0 Å². The molecule has 2 rings (SSSR count). The highest BCUT2D eigenvalue weighted by molar-refractivity contribution is 7.18. The monoisotopic (exact) mass is 331 g/mol. The molecular formula is C14H18ClNO4S. The molecule has 1 aromatic heterocycles. The molecule has 0 aliphatic carbocycles. The van der Waals surface area contributed by atoms with Crippen molar-refractivity contribution in [3.8, 4) is 0 Å². The molecule has 1 fully saturated rings. The SMILES string of the molecule is CC(C)(C)OC(=O)N1CCOCC1C(=O)c1ccc(Cl)s1. The normalized spacial score (nSPS) is 19.4. The van der Waals surface area contributed by atoms with E-state index in [0.29, 0.717) is 22.4 Å². The molecule has 0 N–H and O–H groups in total. The van der Waals surface area contributed by atoms with Crippen LogP contribution in [0.4, 0.5) is 4.79 Å². The van der Waals surface area contributed by atoms with E-state index in [1.54, 1.807) is 32.9 Å². The van der Waals surface area contributed by atoms with Gasteiger partial charge in [0.05, 0.1) is 22.4 Å². The number of amides is 1. The zero-order valence-electron chi connectivity index (χ0n) is 12.2. The molecule has 2 heterocycles. The molecule has 1 unspecified atom stereocenters. The summed E-state index contributed by atoms with van der Waals surface area (Å²) in [6, 6.07) is 2.67. The van der Waals surface area contributed by atoms with E-state index in [4.69, 9.17) is 21.1 Å². The maximum atomic E-state index is 12.5. The second-order valence-electron chi connectivity index (χ2n) is 5.73. The molecule has 116 valence electrons. The smallest absolute Gasteiger partial charge is 0.411 e. The molecule has 0 saturated carbocycles. The first-order chi connectivity index (χ1) is 9.78. The standard InChI is InChI=1S/C14H18ClNO4S/c1-14(2,3)20-13(18)16-6-7-19-8-9(16)12(17)10-4-5-11(15)21-10/h4-5,9H,6-8H2,1-3H3. The number of halogens is 1. The van der Waals surface area contributed by atoms with Crippen LogP contribution in [0.5, 0.6) is 0 Å². The summed E-state index contributed by atoms with van der Waals surface area (Å²) in [6.45, 7) is 6.29. The van der Waals surface area contributed by atoms with Gasteiger partial charge in [-0.05, 0) is 32.9 Å². The minimum atomic E-state index is -0.664. The van der Waals surface area contributed by atoms with Gasteiger partial charge in [-0.3, -0.25) is 9.69 Å². The van der Waals surface area contributed by atoms with E-state index in [-0.39, 0.29) is 12.4 Å². The Morgan fingerprint density at radius 2 is 2.14 bits per heavy atom. The second kappa shape index (κ2) is 6.34. The average Bonchev–Trinajstić information content (AvgIpc) is 2.82. The fourth-order valence-electron chi connectivity index (χ4n) is 1.97. The molecule has 1 aliphatic rings. The Kier molecular flexibility index (Phi) is 4.91. The highest BCUT2D eigenvalue weighted by Gasteiger charge is 2.36. The van der Waals surface area contributed by atoms with Crippen molar-refractivity contribution in [2.75, 3.05) is 19.8 Å². The molecule has 0 bridgehead atoms. The first-order valence-corrected chi connectivity index (χ1v) is 7.84. The zero-order valence-corrected chi connectivity index (χ0v) is 13.8. The Labute approximate surface area is 132 Å². The van der Waals surface area contributed by atoms with Crippen LogP contribution in [0.3, 0.4) is 0 Å². The number of ketones is 1. The lowest BCUT2D eigenvalue weighted by atomic mass is 10.1. The minimum absolute atomic E-state index is 0.169. The van der Waals surface area contributed by atoms with Gasteiger partial charge in [0.25, 0.3) is 0 Å². The third-order valence-corrected chi connectivity index (χ3v) is 4.12. The largest absolute Gasteiger partial charge is 0.444 e. The number of Topliss-reactive ketones (excluding diaryl/α,β-unsaturated/α-hetero) is 1. The maximum Gasteiger partial charge on any atom is 0.411 e. The first kappa shape index (κ1) is 16.3. The number of hydrogen-bond donors (Lipinski definition) is 0. The summed E-state index contributed by atoms with van der Waals surface area (Å²) >= 11 is 7.06. The number of thiophene rings is 1. The molecular weight excluding hydrogens is 314 g/mol. The van der Waals surface area contributed by atoms with Crippen molar-refractivity contribution in [3.05, 3.63) is 21.3 Å². The van der Waals surface area contributed by atoms with Crippen LogP contribution in [0.2, 0.25) is 4.34 Å². The zero-order chi connectivity index (χ0) is 15.6. The molecule has 1 amide bonds. The van der Waals surface area contributed by atoms with E-state index in [1.807, 2.05) is 0 Å². The Morgan fingerprint density at radius 1 is 1.43 bits per heavy atom. The van der Waals surface area contributed by atoms with Crippen LogP contribution in [-0.4, -0.2) is 48.2 Å². The third kappa shape index (κ3) is 4.18. The number of hydrogen-bond acceptors (Lipinski definition) is 5. The molecule has 21 heavy (non-hydrogen) atoms. The van der Waals surface area contributed by atoms with Crippen molar-refractivity contribution in [3.63, 3.8) is 0 Å². The van der Waals surface area contributed by atoms with Gasteiger partial charge in [0.15, 0.2) is 5.78 Å². The van der Waals surface area contributed by atoms with Crippen molar-refractivity contribution in [1.82, 2.24) is 4.90 Å². The summed E-state index contributed by atoms with van der Waals surface area (Å²) in [5.41, 5.74) is -0.602. The number of nitrogens with zero attached hydrogens (tertiary/aromatic N) is 1. The predicted molar refractivity (Wildman–Crippen MR) is 81.2 cm³/mol. The van der Waals surface area contributed by atoms with Crippen LogP contribution in [0.15, 0.2) is 12.1 Å². The third-order valence-electron chi connectivity index (χ3n) is 2.88. The topological polar surface area (TPSA) is 55.8 Å². The molecule has 1 saturated heterocycles. The Bertz CT molecular complexity index is 537. The van der Waals surface area contributed by atoms with Gasteiger partial charge < -0.3 is 9.47 Å². The second-order valence-corrected chi connectivity index (χ2v) is 7.45. The lowest BCUT2D eigenvalue weighted by Gasteiger charge is -2.35. The summed E-state index contributed by atoms with van der Waals surface area (Å²) in [5, 5.41) is 0. The molecule has 1 aliphatic heterocycles. The highest BCUT2D eigenvalue weighted by Crippen LogP contribution is 2.25. The molecule has 0 spiro atoms. The maximum absolute atomic E-state index is 12.5. The molecule has 1 aromatic rings. The average molecular weight is 332 g/mol. The van der Waals surface area contributed by atoms with E-state index in [2.05, 4.69) is 0 Å². The summed E-state index contributed by atoms with van der Waals surface area (Å²) in [5.74, 6) is -0.169. The number of rotatable bonds is 2. The quantitative estimate of drug-likeness (QED) is 0.781. The molecule has 5 nitrogen and oxygen atoms in total. The van der Waals surface area contributed by atoms with Crippen LogP contribution >= 0.6 is 22.9 Å². The van der Waals surface area contributed by atoms with Crippen molar-refractivity contribution >= 4 is 34.8 Å². The Balaban J connectivity index is 2.15. The van der Waals surface area contributed by atoms with E-state index in [1.165, 1.54) is 16.2 Å². The fourth-order valence-corrected chi connectivity index (χ4v) is 3.00. The van der Waals surface area contributed by atoms with Gasteiger partial charge in [0.2, 0.25) is 0 Å². The summed E-state index contributed by atoms with van der Waals surface area (Å²) in [6.07, 6.45) is -0.494. The molecule has 1 atom stereocenters. The van der Waals surface area contributed by atoms with Crippen LogP contribution in [0.25, 0.3) is 0 Å². The van der Waals surface area contributed by atoms with Crippen molar-refractivity contribution in [2.24, 2.45) is 0 Å². The highest BCUT2D eigenvalue weighted by atomic mass is 35.5. The van der Waals surface area contributed by atoms with E-state index >= 15 is 0 Å². The summed E-state index contributed by atoms with van der Waals surface area (Å²) < 4.78 is 11.2. The summed E-state index contributed by atoms with van der Waals surface area (Å²) in [4.78, 5) is 26.7. The number of morpholine rings is 1. The van der Waals surface area contributed by atoms with Gasteiger partial charge in [-0.1, -0.05) is 11.6 Å². The predicted octanol–water partition coefficient (Wildman–Crippen LogP) is 3.22. The minimum Gasteiger partial charge on any atom is -0.444 e. The first-order valence-electron chi connectivity index (χ1n) is 6.65. The lowest BCUT2D eigenvalue weighted by Crippen LogP contribution is -2.53. The fraction of sp³-hybridized carbons (Fsp3) is 0.571. The Hall–Kier alpha value is -1.11. The van der Waals surface area contributed by atoms with Gasteiger partial charge in [0.1, 0.15) is 11.6 Å². The molecule has 0 radical (unpaired) electrons. The van der Waals surface area contributed by atoms with Crippen LogP contribution in [0.1, 0.15) is 30.4 Å². The summed E-state index contributed by atoms with van der Waals surface area (Å²) in [7, 11) is 0. The van der Waals surface area contributed by atoms with Crippen molar-refractivity contribution < 1.29 is 19.1 Å².